The van der Waals surface area contributed by atoms with Crippen LogP contribution in [0, 0.1) is 11.8 Å². The van der Waals surface area contributed by atoms with Crippen molar-refractivity contribution in [3.63, 3.8) is 0 Å². The minimum Gasteiger partial charge on any atom is -0.383 e. The number of nitrogens with two attached hydrogens (primary N) is 1. The highest BCUT2D eigenvalue weighted by Gasteiger charge is 2.33. The highest BCUT2D eigenvalue weighted by atomic mass is 16.7. The summed E-state index contributed by atoms with van der Waals surface area (Å²) in [5, 5.41) is 2.27. The van der Waals surface area contributed by atoms with Crippen LogP contribution in [0.3, 0.4) is 0 Å². The van der Waals surface area contributed by atoms with E-state index in [-0.39, 0.29) is 53.8 Å². The van der Waals surface area contributed by atoms with Gasteiger partial charge in [-0.1, -0.05) is 13.8 Å². The molecule has 1 unspecified atom stereocenters. The Hall–Kier alpha value is -4.48. The zero-order valence-corrected chi connectivity index (χ0v) is 59.7. The summed E-state index contributed by atoms with van der Waals surface area (Å²) in [7, 11) is 9.01. The fraction of sp³-hybridized carbons (Fsp3) is 0.877. The van der Waals surface area contributed by atoms with Gasteiger partial charge in [-0.25, -0.2) is 0 Å². The zero-order chi connectivity index (χ0) is 68.6. The molecule has 0 aliphatic carbocycles. The number of nitrogens with one attached hydrogen (secondary N) is 1. The molecular formula is C65H127N13O13. The first-order chi connectivity index (χ1) is 43.1. The van der Waals surface area contributed by atoms with Crippen molar-refractivity contribution in [1.82, 2.24) is 59.2 Å². The van der Waals surface area contributed by atoms with Crippen LogP contribution in [0.1, 0.15) is 122 Å². The summed E-state index contributed by atoms with van der Waals surface area (Å²) in [6.07, 6.45) is 3.40. The summed E-state index contributed by atoms with van der Waals surface area (Å²) >= 11 is 0. The van der Waals surface area contributed by atoms with Crippen LogP contribution in [0.2, 0.25) is 0 Å². The van der Waals surface area contributed by atoms with Gasteiger partial charge in [0.2, 0.25) is 47.3 Å². The molecule has 8 amide bonds. The van der Waals surface area contributed by atoms with E-state index in [4.69, 9.17) is 29.4 Å². The Kier molecular flexibility index (Phi) is 44.8. The normalized spacial score (nSPS) is 19.9. The van der Waals surface area contributed by atoms with Gasteiger partial charge in [0, 0.05) is 227 Å². The Balaban J connectivity index is 0.000000550. The lowest BCUT2D eigenvalue weighted by atomic mass is 9.95. The van der Waals surface area contributed by atoms with Crippen LogP contribution < -0.4 is 11.1 Å². The first-order valence-electron chi connectivity index (χ1n) is 33.5. The molecule has 26 nitrogen and oxygen atoms in total. The molecule has 6 aliphatic heterocycles. The Bertz CT molecular complexity index is 2070. The summed E-state index contributed by atoms with van der Waals surface area (Å²) in [6.45, 7) is 45.7. The second kappa shape index (κ2) is 48.3. The van der Waals surface area contributed by atoms with Crippen LogP contribution in [-0.4, -0.2) is 344 Å². The van der Waals surface area contributed by atoms with Gasteiger partial charge in [0.05, 0.1) is 39.6 Å². The molecule has 26 heteroatoms. The third-order valence-corrected chi connectivity index (χ3v) is 16.9. The second-order valence-electron chi connectivity index (χ2n) is 25.9. The van der Waals surface area contributed by atoms with Crippen molar-refractivity contribution in [2.75, 3.05) is 213 Å². The van der Waals surface area contributed by atoms with Gasteiger partial charge in [-0.15, -0.1) is 0 Å². The summed E-state index contributed by atoms with van der Waals surface area (Å²) in [6, 6.07) is 2.52. The number of amides is 8. The van der Waals surface area contributed by atoms with Crippen molar-refractivity contribution in [2.45, 2.75) is 152 Å². The molecule has 0 radical (unpaired) electrons. The minimum absolute atomic E-state index is 0.0250. The minimum atomic E-state index is -0.443. The fourth-order valence-corrected chi connectivity index (χ4v) is 10.7. The lowest BCUT2D eigenvalue weighted by Crippen LogP contribution is -2.40. The number of carbonyl (C=O) groups excluding carboxylic acids is 8. The van der Waals surface area contributed by atoms with Crippen LogP contribution in [0.25, 0.3) is 0 Å². The highest BCUT2D eigenvalue weighted by Crippen LogP contribution is 2.20. The zero-order valence-electron chi connectivity index (χ0n) is 59.7. The lowest BCUT2D eigenvalue weighted by molar-refractivity contribution is -0.134. The Morgan fingerprint density at radius 3 is 1.05 bits per heavy atom. The largest absolute Gasteiger partial charge is 0.383 e. The lowest BCUT2D eigenvalue weighted by Gasteiger charge is -2.25. The van der Waals surface area contributed by atoms with Crippen LogP contribution in [0.15, 0.2) is 0 Å². The van der Waals surface area contributed by atoms with Gasteiger partial charge in [0.15, 0.2) is 0 Å². The van der Waals surface area contributed by atoms with Crippen LogP contribution in [0.5, 0.6) is 0 Å². The molecule has 3 N–H and O–H groups in total. The molecule has 0 aromatic rings. The van der Waals surface area contributed by atoms with E-state index in [1.807, 2.05) is 47.5 Å². The summed E-state index contributed by atoms with van der Waals surface area (Å²) in [5.74, 6) is 0.559. The monoisotopic (exact) mass is 1300 g/mol. The van der Waals surface area contributed by atoms with Gasteiger partial charge in [-0.05, 0) is 89.3 Å². The number of methoxy groups -OCH3 is 3. The standard InChI is InChI=1S/C13H26N2O3.C12H25N3O.C12H24N2O3.C11H22N2O2.C10H19N3O2.C7H11NO2/c1-12(2)14-5-4-13(16)15(7-6-14)8-9-18-11-10-17-3;1-11(2)14-6-5-12(16)15(10-9-14)8-7-13(3)4;1-11(2)13-5-4-12(15)14(7-6-13)8-9-17-10-16-3;1-10(2)12-5-4-11(14)13(7-6-12)8-9-15-3;1-8(2)12-4-3-10(15)13(6-5-12)7-9(11)14;1-4(2)5-3-6(9)8-7(5)10/h12H,4-11H2,1-3H3;11H,5-10H2,1-4H3;11H,4-10H2,1-3H3;10H,4-9H2,1-3H3;8H,3-7H2,1-2H3,(H2,11,14);4-5H,3H2,1-2H3,(H,8,9,10). The van der Waals surface area contributed by atoms with Crippen molar-refractivity contribution in [3.05, 3.63) is 0 Å². The topological polar surface area (TPSA) is 256 Å². The van der Waals surface area contributed by atoms with Gasteiger partial charge in [-0.3, -0.25) is 68.2 Å². The van der Waals surface area contributed by atoms with Gasteiger partial charge in [0.25, 0.3) is 0 Å². The summed E-state index contributed by atoms with van der Waals surface area (Å²) in [4.78, 5) is 114. The summed E-state index contributed by atoms with van der Waals surface area (Å²) in [5.41, 5.74) is 5.08. The van der Waals surface area contributed by atoms with Crippen LogP contribution in [-0.2, 0) is 62.0 Å². The van der Waals surface area contributed by atoms with E-state index in [1.165, 1.54) is 0 Å². The number of hydrogen-bond acceptors (Lipinski definition) is 19. The number of hydrogen-bond donors (Lipinski definition) is 2. The maximum Gasteiger partial charge on any atom is 0.237 e. The van der Waals surface area contributed by atoms with Crippen LogP contribution >= 0.6 is 0 Å². The molecule has 0 aromatic carbocycles. The van der Waals surface area contributed by atoms with E-state index in [9.17, 15) is 38.4 Å². The number of carbonyl (C=O) groups is 8. The molecule has 6 aliphatic rings. The van der Waals surface area contributed by atoms with Crippen molar-refractivity contribution < 1.29 is 62.0 Å². The summed E-state index contributed by atoms with van der Waals surface area (Å²) < 4.78 is 25.3. The van der Waals surface area contributed by atoms with Gasteiger partial charge in [0.1, 0.15) is 6.79 Å². The average Bonchev–Trinajstić information content (AvgIpc) is 2.99. The maximum atomic E-state index is 11.9. The number of rotatable bonds is 25. The van der Waals surface area contributed by atoms with E-state index < -0.39 is 5.91 Å². The third-order valence-electron chi connectivity index (χ3n) is 16.9. The van der Waals surface area contributed by atoms with E-state index >= 15 is 0 Å². The molecule has 6 heterocycles. The number of nitrogens with zero attached hydrogens (tertiary/aromatic N) is 11. The molecular weight excluding hydrogens is 1170 g/mol. The number of imide groups is 1. The predicted molar refractivity (Wildman–Crippen MR) is 356 cm³/mol. The fourth-order valence-electron chi connectivity index (χ4n) is 10.7. The third kappa shape index (κ3) is 36.7. The van der Waals surface area contributed by atoms with E-state index in [0.717, 1.165) is 111 Å². The highest BCUT2D eigenvalue weighted by molar-refractivity contribution is 6.03. The molecule has 0 spiro atoms. The SMILES string of the molecule is CC(C)C1CC(=O)NC1=O.CC(C)N1CCC(=O)N(CC(N)=O)CC1.CC(C)N1CCC(=O)N(CCN(C)C)CC1.COCCN1CCN(C(C)C)CCC1=O.COCCOCCN1CCN(C(C)C)CCC1=O.COCOCCN1CCN(C(C)C)CCC1=O. The van der Waals surface area contributed by atoms with Crippen molar-refractivity contribution in [2.24, 2.45) is 17.6 Å². The van der Waals surface area contributed by atoms with Crippen molar-refractivity contribution >= 4 is 47.3 Å². The first-order valence-corrected chi connectivity index (χ1v) is 33.5. The molecule has 0 aromatic heterocycles. The van der Waals surface area contributed by atoms with Gasteiger partial charge >= 0.3 is 0 Å². The maximum absolute atomic E-state index is 11.9. The Morgan fingerprint density at radius 1 is 0.440 bits per heavy atom. The van der Waals surface area contributed by atoms with Crippen molar-refractivity contribution in [3.8, 4) is 0 Å². The average molecular weight is 1300 g/mol. The molecule has 530 valence electrons. The van der Waals surface area contributed by atoms with Crippen molar-refractivity contribution in [1.29, 1.82) is 0 Å². The molecule has 6 saturated heterocycles. The molecule has 6 fully saturated rings. The van der Waals surface area contributed by atoms with E-state index in [1.54, 1.807) is 26.2 Å². The quantitative estimate of drug-likeness (QED) is 0.0752. The van der Waals surface area contributed by atoms with E-state index in [0.29, 0.717) is 134 Å². The molecule has 6 rings (SSSR count). The number of likely N-dealkylation sites (N-methyl/N-ethyl adjacent to an activating group) is 1. The number of ether oxygens (including phenoxy) is 5. The molecule has 91 heavy (non-hydrogen) atoms. The molecule has 0 saturated carbocycles. The van der Waals surface area contributed by atoms with Crippen LogP contribution in [0.4, 0.5) is 0 Å². The number of primary amides is 1. The van der Waals surface area contributed by atoms with E-state index in [2.05, 4.69) is 104 Å². The second-order valence-corrected chi connectivity index (χ2v) is 25.9. The van der Waals surface area contributed by atoms with Gasteiger partial charge < -0.3 is 58.8 Å². The first kappa shape index (κ1) is 84.5. The van der Waals surface area contributed by atoms with Gasteiger partial charge in [-0.2, -0.15) is 0 Å². The molecule has 0 bridgehead atoms. The Labute approximate surface area is 548 Å². The predicted octanol–water partition coefficient (Wildman–Crippen LogP) is 1.93. The smallest absolute Gasteiger partial charge is 0.237 e. The Morgan fingerprint density at radius 2 is 0.769 bits per heavy atom. The molecule has 1 atom stereocenters.